The summed E-state index contributed by atoms with van der Waals surface area (Å²) in [4.78, 5) is 31.5. The number of hydrogen-bond donors (Lipinski definition) is 0. The lowest BCUT2D eigenvalue weighted by atomic mass is 10.1. The van der Waals surface area contributed by atoms with Gasteiger partial charge in [-0.15, -0.1) is 0 Å². The second kappa shape index (κ2) is 8.48. The van der Waals surface area contributed by atoms with Crippen molar-refractivity contribution in [2.24, 2.45) is 0 Å². The van der Waals surface area contributed by atoms with Crippen molar-refractivity contribution in [2.75, 3.05) is 6.54 Å². The number of para-hydroxylation sites is 2. The van der Waals surface area contributed by atoms with Crippen molar-refractivity contribution in [3.63, 3.8) is 0 Å². The number of carbonyl (C=O) groups excluding carboxylic acids is 1. The first-order valence-corrected chi connectivity index (χ1v) is 9.80. The summed E-state index contributed by atoms with van der Waals surface area (Å²) < 4.78 is 2.47. The smallest absolute Gasteiger partial charge is 0.269 e. The molecular formula is C21H22BrN3O2. The van der Waals surface area contributed by atoms with E-state index >= 15 is 0 Å². The van der Waals surface area contributed by atoms with Crippen molar-refractivity contribution in [1.82, 2.24) is 14.5 Å². The quantitative estimate of drug-likeness (QED) is 0.593. The van der Waals surface area contributed by atoms with Crippen molar-refractivity contribution < 1.29 is 4.79 Å². The van der Waals surface area contributed by atoms with Gasteiger partial charge >= 0.3 is 0 Å². The minimum atomic E-state index is -0.271. The van der Waals surface area contributed by atoms with Gasteiger partial charge in [0.05, 0.1) is 23.3 Å². The Kier molecular flexibility index (Phi) is 6.06. The summed E-state index contributed by atoms with van der Waals surface area (Å²) >= 11 is 3.57. The molecule has 1 aromatic heterocycles. The third-order valence-corrected chi connectivity index (χ3v) is 5.38. The van der Waals surface area contributed by atoms with Crippen LogP contribution in [-0.2, 0) is 11.3 Å². The van der Waals surface area contributed by atoms with Gasteiger partial charge in [0, 0.05) is 11.0 Å². The number of carbonyl (C=O) groups is 1. The fraction of sp³-hybridized carbons (Fsp3) is 0.286. The highest BCUT2D eigenvalue weighted by Gasteiger charge is 2.23. The molecule has 3 aromatic rings. The van der Waals surface area contributed by atoms with Gasteiger partial charge in [0.15, 0.2) is 0 Å². The molecule has 3 rings (SSSR count). The van der Waals surface area contributed by atoms with Gasteiger partial charge in [-0.05, 0) is 37.1 Å². The Bertz CT molecular complexity index is 1020. The van der Waals surface area contributed by atoms with E-state index in [9.17, 15) is 9.59 Å². The third kappa shape index (κ3) is 4.11. The molecule has 2 aromatic carbocycles. The van der Waals surface area contributed by atoms with Crippen LogP contribution < -0.4 is 5.56 Å². The molecule has 1 atom stereocenters. The molecule has 140 valence electrons. The Labute approximate surface area is 166 Å². The van der Waals surface area contributed by atoms with E-state index in [-0.39, 0.29) is 24.1 Å². The number of amides is 1. The molecule has 1 heterocycles. The molecule has 0 spiro atoms. The average Bonchev–Trinajstić information content (AvgIpc) is 2.68. The number of aromatic nitrogens is 2. The first-order chi connectivity index (χ1) is 13.0. The molecule has 0 aliphatic carbocycles. The van der Waals surface area contributed by atoms with E-state index in [4.69, 9.17) is 0 Å². The molecule has 1 amide bonds. The van der Waals surface area contributed by atoms with Crippen molar-refractivity contribution in [3.05, 3.63) is 75.1 Å². The van der Waals surface area contributed by atoms with Crippen LogP contribution in [0.2, 0.25) is 0 Å². The Morgan fingerprint density at radius 3 is 2.63 bits per heavy atom. The highest BCUT2D eigenvalue weighted by Crippen LogP contribution is 2.28. The van der Waals surface area contributed by atoms with Gasteiger partial charge in [-0.25, -0.2) is 4.98 Å². The number of rotatable bonds is 6. The van der Waals surface area contributed by atoms with Gasteiger partial charge < -0.3 is 4.90 Å². The summed E-state index contributed by atoms with van der Waals surface area (Å²) in [5, 5.41) is 0. The zero-order valence-corrected chi connectivity index (χ0v) is 17.0. The van der Waals surface area contributed by atoms with E-state index in [0.29, 0.717) is 17.6 Å². The van der Waals surface area contributed by atoms with Gasteiger partial charge in [-0.3, -0.25) is 14.2 Å². The molecule has 0 aliphatic heterocycles. The number of hydrogen-bond acceptors (Lipinski definition) is 3. The summed E-state index contributed by atoms with van der Waals surface area (Å²) in [5.74, 6) is -0.0847. The Morgan fingerprint density at radius 2 is 1.89 bits per heavy atom. The predicted molar refractivity (Wildman–Crippen MR) is 111 cm³/mol. The molecule has 0 unspecified atom stereocenters. The van der Waals surface area contributed by atoms with E-state index in [2.05, 4.69) is 20.9 Å². The largest absolute Gasteiger partial charge is 0.334 e. The second-order valence-electron chi connectivity index (χ2n) is 6.46. The van der Waals surface area contributed by atoms with Crippen LogP contribution in [0.25, 0.3) is 11.0 Å². The fourth-order valence-corrected chi connectivity index (χ4v) is 3.88. The highest BCUT2D eigenvalue weighted by atomic mass is 79.9. The van der Waals surface area contributed by atoms with Crippen LogP contribution in [-0.4, -0.2) is 26.9 Å². The number of nitrogens with zero attached hydrogens (tertiary/aromatic N) is 3. The summed E-state index contributed by atoms with van der Waals surface area (Å²) in [7, 11) is 0. The van der Waals surface area contributed by atoms with Crippen LogP contribution >= 0.6 is 15.9 Å². The maximum atomic E-state index is 13.2. The molecule has 0 radical (unpaired) electrons. The summed E-state index contributed by atoms with van der Waals surface area (Å²) in [6.45, 7) is 4.68. The minimum absolute atomic E-state index is 0.00331. The molecule has 27 heavy (non-hydrogen) atoms. The Balaban J connectivity index is 1.94. The van der Waals surface area contributed by atoms with Gasteiger partial charge in [0.25, 0.3) is 5.56 Å². The number of benzene rings is 2. The third-order valence-electron chi connectivity index (χ3n) is 4.65. The van der Waals surface area contributed by atoms with E-state index < -0.39 is 0 Å². The number of fused-ring (bicyclic) bond motifs is 1. The SMILES string of the molecule is CCCN(C(=O)Cn1c(=O)cnc2ccccc21)[C@@H](C)c1ccccc1Br. The normalized spacial score (nSPS) is 12.1. The number of halogens is 1. The molecule has 0 saturated carbocycles. The van der Waals surface area contributed by atoms with Crippen LogP contribution in [0.3, 0.4) is 0 Å². The Morgan fingerprint density at radius 1 is 1.19 bits per heavy atom. The molecule has 0 saturated heterocycles. The average molecular weight is 428 g/mol. The van der Waals surface area contributed by atoms with Crippen LogP contribution in [0.4, 0.5) is 0 Å². The predicted octanol–water partition coefficient (Wildman–Crippen LogP) is 4.16. The van der Waals surface area contributed by atoms with Crippen LogP contribution in [0.1, 0.15) is 31.9 Å². The monoisotopic (exact) mass is 427 g/mol. The van der Waals surface area contributed by atoms with E-state index in [1.807, 2.05) is 67.3 Å². The maximum absolute atomic E-state index is 13.2. The summed E-state index contributed by atoms with van der Waals surface area (Å²) in [5.41, 5.74) is 2.15. The van der Waals surface area contributed by atoms with Crippen molar-refractivity contribution in [3.8, 4) is 0 Å². The standard InChI is InChI=1S/C21H22BrN3O2/c1-3-12-24(15(2)16-8-4-5-9-17(16)22)21(27)14-25-19-11-7-6-10-18(19)23-13-20(25)26/h4-11,13,15H,3,12,14H2,1-2H3/t15-/m0/s1. The minimum Gasteiger partial charge on any atom is -0.334 e. The fourth-order valence-electron chi connectivity index (χ4n) is 3.26. The van der Waals surface area contributed by atoms with E-state index in [1.165, 1.54) is 10.8 Å². The van der Waals surface area contributed by atoms with Gasteiger partial charge in [0.2, 0.25) is 5.91 Å². The lowest BCUT2D eigenvalue weighted by Gasteiger charge is -2.30. The molecule has 6 heteroatoms. The lowest BCUT2D eigenvalue weighted by molar-refractivity contribution is -0.134. The zero-order valence-electron chi connectivity index (χ0n) is 15.4. The first-order valence-electron chi connectivity index (χ1n) is 9.01. The molecule has 0 bridgehead atoms. The van der Waals surface area contributed by atoms with Gasteiger partial charge in [-0.1, -0.05) is 53.2 Å². The van der Waals surface area contributed by atoms with Crippen LogP contribution in [0, 0.1) is 0 Å². The molecule has 5 nitrogen and oxygen atoms in total. The topological polar surface area (TPSA) is 55.2 Å². The van der Waals surface area contributed by atoms with Crippen molar-refractivity contribution in [1.29, 1.82) is 0 Å². The van der Waals surface area contributed by atoms with Gasteiger partial charge in [0.1, 0.15) is 6.54 Å². The van der Waals surface area contributed by atoms with Crippen LogP contribution in [0.15, 0.2) is 64.0 Å². The first kappa shape index (κ1) is 19.3. The maximum Gasteiger partial charge on any atom is 0.269 e. The molecule has 0 aliphatic rings. The Hall–Kier alpha value is -2.47. The second-order valence-corrected chi connectivity index (χ2v) is 7.31. The zero-order chi connectivity index (χ0) is 19.4. The molecule has 0 fully saturated rings. The van der Waals surface area contributed by atoms with Gasteiger partial charge in [-0.2, -0.15) is 0 Å². The summed E-state index contributed by atoms with van der Waals surface area (Å²) in [6.07, 6.45) is 2.11. The van der Waals surface area contributed by atoms with E-state index in [0.717, 1.165) is 16.5 Å². The van der Waals surface area contributed by atoms with Crippen molar-refractivity contribution >= 4 is 32.9 Å². The molecular weight excluding hydrogens is 406 g/mol. The van der Waals surface area contributed by atoms with E-state index in [1.54, 1.807) is 0 Å². The summed E-state index contributed by atoms with van der Waals surface area (Å²) in [6, 6.07) is 15.2. The van der Waals surface area contributed by atoms with Crippen molar-refractivity contribution in [2.45, 2.75) is 32.9 Å². The molecule has 0 N–H and O–H groups in total. The van der Waals surface area contributed by atoms with Crippen LogP contribution in [0.5, 0.6) is 0 Å². The highest BCUT2D eigenvalue weighted by molar-refractivity contribution is 9.10. The lowest BCUT2D eigenvalue weighted by Crippen LogP contribution is -2.39.